The standard InChI is InChI=1S/C10H19NO3/c1-3-9(6-4-5-7-12)11(2)8-10(13)14/h7,9H,3-6,8H2,1-2H3,(H,13,14). The van der Waals surface area contributed by atoms with Gasteiger partial charge in [-0.2, -0.15) is 0 Å². The van der Waals surface area contributed by atoms with Gasteiger partial charge in [0.1, 0.15) is 6.29 Å². The normalized spacial score (nSPS) is 12.8. The van der Waals surface area contributed by atoms with Crippen LogP contribution in [0.1, 0.15) is 32.6 Å². The molecule has 1 N–H and O–H groups in total. The zero-order valence-corrected chi connectivity index (χ0v) is 8.90. The zero-order chi connectivity index (χ0) is 11.0. The fourth-order valence-electron chi connectivity index (χ4n) is 1.52. The maximum Gasteiger partial charge on any atom is 0.317 e. The summed E-state index contributed by atoms with van der Waals surface area (Å²) in [6, 6.07) is 0.269. The highest BCUT2D eigenvalue weighted by molar-refractivity contribution is 5.69. The van der Waals surface area contributed by atoms with Gasteiger partial charge < -0.3 is 9.90 Å². The third-order valence-corrected chi connectivity index (χ3v) is 2.34. The minimum atomic E-state index is -0.804. The highest BCUT2D eigenvalue weighted by atomic mass is 16.4. The SMILES string of the molecule is CCC(CCCC=O)N(C)CC(=O)O. The molecule has 0 aliphatic heterocycles. The summed E-state index contributed by atoms with van der Waals surface area (Å²) in [7, 11) is 1.81. The Bertz CT molecular complexity index is 182. The van der Waals surface area contributed by atoms with Crippen LogP contribution in [0.15, 0.2) is 0 Å². The van der Waals surface area contributed by atoms with Gasteiger partial charge in [0, 0.05) is 12.5 Å². The van der Waals surface area contributed by atoms with E-state index in [2.05, 4.69) is 0 Å². The number of aliphatic carboxylic acids is 1. The lowest BCUT2D eigenvalue weighted by molar-refractivity contribution is -0.138. The summed E-state index contributed by atoms with van der Waals surface area (Å²) < 4.78 is 0. The minimum Gasteiger partial charge on any atom is -0.480 e. The summed E-state index contributed by atoms with van der Waals surface area (Å²) in [5.41, 5.74) is 0. The van der Waals surface area contributed by atoms with E-state index in [0.717, 1.165) is 25.5 Å². The van der Waals surface area contributed by atoms with E-state index in [1.54, 1.807) is 0 Å². The van der Waals surface area contributed by atoms with Crippen molar-refractivity contribution >= 4 is 12.3 Å². The fourth-order valence-corrected chi connectivity index (χ4v) is 1.52. The second kappa shape index (κ2) is 7.50. The summed E-state index contributed by atoms with van der Waals surface area (Å²) in [6.45, 7) is 2.10. The molecule has 0 aromatic carbocycles. The molecule has 0 amide bonds. The van der Waals surface area contributed by atoms with Gasteiger partial charge in [0.25, 0.3) is 0 Å². The van der Waals surface area contributed by atoms with Crippen LogP contribution in [0.2, 0.25) is 0 Å². The largest absolute Gasteiger partial charge is 0.480 e. The number of unbranched alkanes of at least 4 members (excludes halogenated alkanes) is 1. The van der Waals surface area contributed by atoms with E-state index in [1.807, 2.05) is 18.9 Å². The van der Waals surface area contributed by atoms with Crippen LogP contribution >= 0.6 is 0 Å². The number of rotatable bonds is 8. The quantitative estimate of drug-likeness (QED) is 0.473. The molecule has 0 aliphatic rings. The van der Waals surface area contributed by atoms with E-state index >= 15 is 0 Å². The van der Waals surface area contributed by atoms with Gasteiger partial charge in [0.2, 0.25) is 0 Å². The molecule has 0 fully saturated rings. The molecule has 0 heterocycles. The van der Waals surface area contributed by atoms with Crippen LogP contribution in [0.3, 0.4) is 0 Å². The predicted octanol–water partition coefficient (Wildman–Crippen LogP) is 1.15. The molecule has 0 radical (unpaired) electrons. The maximum absolute atomic E-state index is 10.5. The number of carboxylic acid groups (broad SMARTS) is 1. The average molecular weight is 201 g/mol. The van der Waals surface area contributed by atoms with Gasteiger partial charge in [0.15, 0.2) is 0 Å². The lowest BCUT2D eigenvalue weighted by atomic mass is 10.1. The van der Waals surface area contributed by atoms with Gasteiger partial charge in [-0.15, -0.1) is 0 Å². The molecule has 0 aromatic rings. The van der Waals surface area contributed by atoms with E-state index in [-0.39, 0.29) is 12.6 Å². The molecule has 0 bridgehead atoms. The third kappa shape index (κ3) is 5.70. The van der Waals surface area contributed by atoms with Crippen molar-refractivity contribution in [2.24, 2.45) is 0 Å². The van der Waals surface area contributed by atoms with Crippen molar-refractivity contribution < 1.29 is 14.7 Å². The van der Waals surface area contributed by atoms with Crippen LogP contribution in [0.25, 0.3) is 0 Å². The second-order valence-electron chi connectivity index (χ2n) is 3.47. The number of hydrogen-bond donors (Lipinski definition) is 1. The number of nitrogens with zero attached hydrogens (tertiary/aromatic N) is 1. The van der Waals surface area contributed by atoms with Crippen LogP contribution in [0.5, 0.6) is 0 Å². The van der Waals surface area contributed by atoms with Crippen LogP contribution in [-0.2, 0) is 9.59 Å². The van der Waals surface area contributed by atoms with Crippen molar-refractivity contribution in [1.29, 1.82) is 0 Å². The molecule has 4 heteroatoms. The Morgan fingerprint density at radius 3 is 2.64 bits per heavy atom. The van der Waals surface area contributed by atoms with Crippen molar-refractivity contribution in [2.75, 3.05) is 13.6 Å². The molecule has 0 saturated carbocycles. The Balaban J connectivity index is 3.85. The van der Waals surface area contributed by atoms with Crippen molar-refractivity contribution in [1.82, 2.24) is 4.90 Å². The molecular formula is C10H19NO3. The van der Waals surface area contributed by atoms with Crippen LogP contribution in [0, 0.1) is 0 Å². The number of hydrogen-bond acceptors (Lipinski definition) is 3. The van der Waals surface area contributed by atoms with Crippen molar-refractivity contribution in [3.05, 3.63) is 0 Å². The smallest absolute Gasteiger partial charge is 0.317 e. The second-order valence-corrected chi connectivity index (χ2v) is 3.47. The predicted molar refractivity (Wildman–Crippen MR) is 54.3 cm³/mol. The van der Waals surface area contributed by atoms with E-state index in [1.165, 1.54) is 0 Å². The summed E-state index contributed by atoms with van der Waals surface area (Å²) in [5, 5.41) is 8.60. The van der Waals surface area contributed by atoms with Gasteiger partial charge in [-0.05, 0) is 26.3 Å². The van der Waals surface area contributed by atoms with E-state index in [4.69, 9.17) is 5.11 Å². The molecule has 1 unspecified atom stereocenters. The molecule has 0 aliphatic carbocycles. The van der Waals surface area contributed by atoms with Crippen molar-refractivity contribution in [2.45, 2.75) is 38.6 Å². The molecule has 1 atom stereocenters. The van der Waals surface area contributed by atoms with Crippen molar-refractivity contribution in [3.8, 4) is 0 Å². The Morgan fingerprint density at radius 1 is 1.57 bits per heavy atom. The first-order valence-corrected chi connectivity index (χ1v) is 4.97. The summed E-state index contributed by atoms with van der Waals surface area (Å²) in [6.07, 6.45) is 4.12. The number of carbonyl (C=O) groups is 2. The lowest BCUT2D eigenvalue weighted by Crippen LogP contribution is -2.35. The zero-order valence-electron chi connectivity index (χ0n) is 8.90. The molecule has 0 rings (SSSR count). The van der Waals surface area contributed by atoms with Gasteiger partial charge >= 0.3 is 5.97 Å². The average Bonchev–Trinajstić information content (AvgIpc) is 2.11. The van der Waals surface area contributed by atoms with E-state index in [9.17, 15) is 9.59 Å². The van der Waals surface area contributed by atoms with Gasteiger partial charge in [-0.1, -0.05) is 6.92 Å². The molecule has 14 heavy (non-hydrogen) atoms. The Hall–Kier alpha value is -0.900. The molecular weight excluding hydrogens is 182 g/mol. The molecule has 4 nitrogen and oxygen atoms in total. The Kier molecular flexibility index (Phi) is 7.02. The Morgan fingerprint density at radius 2 is 2.21 bits per heavy atom. The summed E-state index contributed by atoms with van der Waals surface area (Å²) in [4.78, 5) is 22.4. The first-order chi connectivity index (χ1) is 6.61. The number of carbonyl (C=O) groups excluding carboxylic acids is 1. The fraction of sp³-hybridized carbons (Fsp3) is 0.800. The summed E-state index contributed by atoms with van der Waals surface area (Å²) >= 11 is 0. The van der Waals surface area contributed by atoms with Gasteiger partial charge in [-0.25, -0.2) is 0 Å². The first kappa shape index (κ1) is 13.1. The monoisotopic (exact) mass is 201 g/mol. The topological polar surface area (TPSA) is 57.6 Å². The highest BCUT2D eigenvalue weighted by Gasteiger charge is 2.14. The van der Waals surface area contributed by atoms with E-state index in [0.29, 0.717) is 6.42 Å². The number of likely N-dealkylation sites (N-methyl/N-ethyl adjacent to an activating group) is 1. The maximum atomic E-state index is 10.5. The van der Waals surface area contributed by atoms with Gasteiger partial charge in [0.05, 0.1) is 6.54 Å². The molecule has 0 spiro atoms. The van der Waals surface area contributed by atoms with E-state index < -0.39 is 5.97 Å². The van der Waals surface area contributed by atoms with Crippen LogP contribution in [0.4, 0.5) is 0 Å². The summed E-state index contributed by atoms with van der Waals surface area (Å²) in [5.74, 6) is -0.804. The minimum absolute atomic E-state index is 0.0690. The van der Waals surface area contributed by atoms with Crippen molar-refractivity contribution in [3.63, 3.8) is 0 Å². The van der Waals surface area contributed by atoms with Crippen LogP contribution in [-0.4, -0.2) is 41.9 Å². The molecule has 0 aromatic heterocycles. The lowest BCUT2D eigenvalue weighted by Gasteiger charge is -2.25. The van der Waals surface area contributed by atoms with Gasteiger partial charge in [-0.3, -0.25) is 9.69 Å². The van der Waals surface area contributed by atoms with Crippen LogP contribution < -0.4 is 0 Å². The number of aldehydes is 1. The number of carboxylic acids is 1. The Labute approximate surface area is 84.9 Å². The molecule has 0 saturated heterocycles. The highest BCUT2D eigenvalue weighted by Crippen LogP contribution is 2.09. The molecule has 82 valence electrons. The first-order valence-electron chi connectivity index (χ1n) is 4.97. The third-order valence-electron chi connectivity index (χ3n) is 2.34.